The van der Waals surface area contributed by atoms with E-state index < -0.39 is 78.6 Å². The quantitative estimate of drug-likeness (QED) is 0.225. The van der Waals surface area contributed by atoms with E-state index in [-0.39, 0.29) is 179 Å². The van der Waals surface area contributed by atoms with Crippen molar-refractivity contribution in [2.75, 3.05) is 0 Å². The molecule has 0 aromatic heterocycles. The van der Waals surface area contributed by atoms with Gasteiger partial charge < -0.3 is 30.0 Å². The van der Waals surface area contributed by atoms with Gasteiger partial charge in [0.2, 0.25) is 0 Å². The Hall–Kier alpha value is 4.88. The molecule has 0 heterocycles. The summed E-state index contributed by atoms with van der Waals surface area (Å²) in [5.41, 5.74) is 0. The van der Waals surface area contributed by atoms with Crippen LogP contribution in [0.4, 0.5) is 0 Å². The minimum Gasteiger partial charge on any atom is 3.00 e. The largest absolute Gasteiger partial charge is 3.00 e. The van der Waals surface area contributed by atoms with E-state index in [4.69, 9.17) is 10.2 Å². The van der Waals surface area contributed by atoms with Crippen molar-refractivity contribution in [2.45, 2.75) is 12.2 Å². The molecular formula is C4H4Cr4K3O20Sb. The average molecular weight is 819 g/mol. The second-order valence-corrected chi connectivity index (χ2v) is 10.6. The number of carbonyl (C=O) groups excluding carboxylic acids is 2. The molecule has 2 radical (unpaired) electrons. The Morgan fingerprint density at radius 2 is 0.688 bits per heavy atom. The van der Waals surface area contributed by atoms with Crippen LogP contribution in [-0.2, 0) is 100 Å². The minimum absolute atomic E-state index is 0. The molecule has 0 rings (SSSR count). The number of carboxylic acids is 2. The van der Waals surface area contributed by atoms with Gasteiger partial charge in [-0.15, -0.1) is 0 Å². The molecular weight excluding hydrogens is 815 g/mol. The standard InChI is InChI=1S/C4H6O6.4Cr.3K.14O.Sb/c5-1(3(7)8)2(6)4(9)10;;;;;;;;;;;;;;;;;;;;;;/h1-2,5-6H,(H,7,8)(H,9,10);;;;;;;;;;;;;;;;;;;;;;/q;;;;;3*+1;;;;;;;;;;;4*-1;+3/p-2. The summed E-state index contributed by atoms with van der Waals surface area (Å²) >= 11 is -24.3. The topological polar surface area (TPSA) is 368 Å². The summed E-state index contributed by atoms with van der Waals surface area (Å²) in [5.74, 6) is -4.12. The molecule has 28 heteroatoms. The molecule has 0 spiro atoms. The van der Waals surface area contributed by atoms with Crippen LogP contribution in [0.2, 0.25) is 0 Å². The van der Waals surface area contributed by atoms with E-state index in [1.807, 2.05) is 0 Å². The summed E-state index contributed by atoms with van der Waals surface area (Å²) in [6, 6.07) is 0. The molecule has 0 aromatic carbocycles. The number of rotatable bonds is 7. The Kier molecular flexibility index (Phi) is 39.4. The smallest absolute Gasteiger partial charge is 3.00 e. The molecule has 20 nitrogen and oxygen atoms in total. The van der Waals surface area contributed by atoms with E-state index >= 15 is 0 Å². The van der Waals surface area contributed by atoms with Gasteiger partial charge in [-0.05, 0) is 0 Å². The molecule has 172 valence electrons. The first-order valence-electron chi connectivity index (χ1n) is 4.91. The first-order valence-corrected chi connectivity index (χ1v) is 13.2. The van der Waals surface area contributed by atoms with Crippen LogP contribution >= 0.6 is 0 Å². The van der Waals surface area contributed by atoms with Crippen molar-refractivity contribution in [3.05, 3.63) is 0 Å². The van der Waals surface area contributed by atoms with Crippen LogP contribution in [0, 0.1) is 0 Å². The van der Waals surface area contributed by atoms with E-state index in [1.54, 1.807) is 0 Å². The molecule has 32 heavy (non-hydrogen) atoms. The third kappa shape index (κ3) is 48.0. The monoisotopic (exact) mass is 817 g/mol. The van der Waals surface area contributed by atoms with Crippen molar-refractivity contribution in [2.24, 2.45) is 0 Å². The number of aliphatic carboxylic acids is 2. The van der Waals surface area contributed by atoms with E-state index in [1.165, 1.54) is 0 Å². The van der Waals surface area contributed by atoms with E-state index in [0.717, 1.165) is 0 Å². The molecule has 0 aliphatic rings. The van der Waals surface area contributed by atoms with Gasteiger partial charge >= 0.3 is 286 Å². The van der Waals surface area contributed by atoms with Crippen molar-refractivity contribution in [1.82, 2.24) is 0 Å². The Labute approximate surface area is 331 Å². The fourth-order valence-corrected chi connectivity index (χ4v) is 3.73. The fourth-order valence-electron chi connectivity index (χ4n) is 0.462. The number of aliphatic hydroxyl groups is 2. The number of aliphatic hydroxyl groups excluding tert-OH is 2. The van der Waals surface area contributed by atoms with Crippen LogP contribution < -0.4 is 181 Å². The van der Waals surface area contributed by atoms with Crippen LogP contribution in [0.1, 0.15) is 0 Å². The maximum Gasteiger partial charge on any atom is 3.00 e. The predicted molar refractivity (Wildman–Crippen MR) is 35.4 cm³/mol. The summed E-state index contributed by atoms with van der Waals surface area (Å²) in [6.07, 6.45) is -4.88. The van der Waals surface area contributed by atoms with Crippen molar-refractivity contribution >= 4 is 36.4 Å². The first-order chi connectivity index (χ1) is 11.9. The van der Waals surface area contributed by atoms with Crippen molar-refractivity contribution in [3.8, 4) is 0 Å². The zero-order chi connectivity index (χ0) is 23.7. The number of hydrogen-bond acceptors (Lipinski definition) is 20. The second-order valence-electron chi connectivity index (χ2n) is 3.30. The molecule has 2 atom stereocenters. The zero-order valence-corrected chi connectivity index (χ0v) is 32.5. The van der Waals surface area contributed by atoms with Gasteiger partial charge in [0.05, 0.1) is 11.9 Å². The van der Waals surface area contributed by atoms with E-state index in [9.17, 15) is 66.9 Å². The summed E-state index contributed by atoms with van der Waals surface area (Å²) in [4.78, 5) is 19.3. The van der Waals surface area contributed by atoms with Gasteiger partial charge in [0.15, 0.2) is 0 Å². The van der Waals surface area contributed by atoms with Gasteiger partial charge in [0.25, 0.3) is 0 Å². The number of carboxylic acid groups (broad SMARTS) is 2. The van der Waals surface area contributed by atoms with Gasteiger partial charge in [0.1, 0.15) is 12.2 Å². The molecule has 0 saturated carbocycles. The maximum absolute atomic E-state index is 9.63. The van der Waals surface area contributed by atoms with Crippen LogP contribution in [0.25, 0.3) is 0 Å². The number of carbonyl (C=O) groups is 2. The third-order valence-electron chi connectivity index (χ3n) is 1.12. The Balaban J connectivity index is -0.0000000552. The average Bonchev–Trinajstić information content (AvgIpc) is 2.28. The summed E-state index contributed by atoms with van der Waals surface area (Å²) in [7, 11) is 0. The molecule has 0 aliphatic carbocycles. The molecule has 0 amide bonds. The molecule has 0 bridgehead atoms. The zero-order valence-electron chi connectivity index (χ0n) is 15.5. The van der Waals surface area contributed by atoms with Crippen molar-refractivity contribution < 1.29 is 291 Å². The van der Waals surface area contributed by atoms with E-state index in [0.29, 0.717) is 0 Å². The van der Waals surface area contributed by atoms with Gasteiger partial charge in [-0.3, -0.25) is 0 Å². The first kappa shape index (κ1) is 53.2. The van der Waals surface area contributed by atoms with Gasteiger partial charge in [-0.25, -0.2) is 0 Å². The minimum atomic E-state index is -6.07. The molecule has 2 N–H and O–H groups in total. The summed E-state index contributed by atoms with van der Waals surface area (Å²) in [5, 5.41) is 35.7. The van der Waals surface area contributed by atoms with Gasteiger partial charge in [-0.2, -0.15) is 0 Å². The molecule has 2 unspecified atom stereocenters. The van der Waals surface area contributed by atoms with Gasteiger partial charge in [0, 0.05) is 0 Å². The summed E-state index contributed by atoms with van der Waals surface area (Å²) in [6.45, 7) is 0. The number of hydrogen-bond donors (Lipinski definition) is 2. The summed E-state index contributed by atoms with van der Waals surface area (Å²) < 4.78 is 118. The molecule has 0 saturated heterocycles. The molecule has 0 fully saturated rings. The fraction of sp³-hybridized carbons (Fsp3) is 0.500. The van der Waals surface area contributed by atoms with Crippen molar-refractivity contribution in [1.29, 1.82) is 0 Å². The van der Waals surface area contributed by atoms with Gasteiger partial charge in [-0.1, -0.05) is 0 Å². The second kappa shape index (κ2) is 23.7. The Bertz CT molecular complexity index is 812. The predicted octanol–water partition coefficient (Wildman–Crippen LogP) is -20.0. The van der Waals surface area contributed by atoms with Crippen LogP contribution in [-0.4, -0.2) is 58.8 Å². The van der Waals surface area contributed by atoms with Crippen molar-refractivity contribution in [3.63, 3.8) is 0 Å². The van der Waals surface area contributed by atoms with E-state index in [2.05, 4.69) is 5.68 Å². The van der Waals surface area contributed by atoms with Crippen LogP contribution in [0.5, 0.6) is 0 Å². The van der Waals surface area contributed by atoms with Crippen LogP contribution in [0.15, 0.2) is 0 Å². The maximum atomic E-state index is 9.63. The Morgan fingerprint density at radius 1 is 0.562 bits per heavy atom. The Morgan fingerprint density at radius 3 is 0.719 bits per heavy atom. The van der Waals surface area contributed by atoms with Crippen LogP contribution in [0.3, 0.4) is 0 Å². The molecule has 0 aliphatic heterocycles. The molecule has 0 aromatic rings. The SMILES string of the molecule is O=C([O-])C(O)C(O)C(=O)[O-].[K+].[K+].[K+].[O]=[Cr](=[O])([O-])[O][Cr](=[O])(=[O])[O-].[O]=[Cr](=[O])([O-])[O][Cr](=[O])(=[O])[O-].[Sb+3]. The third-order valence-corrected chi connectivity index (χ3v) is 6.45. The normalized spacial score (nSPS) is 12.6.